The molecule has 4 rings (SSSR count). The zero-order valence-corrected chi connectivity index (χ0v) is 20.1. The normalized spacial score (nSPS) is 20.3. The molecule has 1 N–H and O–H groups in total. The zero-order chi connectivity index (χ0) is 22.6. The SMILES string of the molecule is CN1CCCC1CCNC(=O)c1cc(-c2ccccc2)cc(S(=O)(=O)N2CCSCC2)c1. The van der Waals surface area contributed by atoms with E-state index in [1.165, 1.54) is 16.8 Å². The minimum absolute atomic E-state index is 0.187. The highest BCUT2D eigenvalue weighted by molar-refractivity contribution is 7.99. The Labute approximate surface area is 195 Å². The summed E-state index contributed by atoms with van der Waals surface area (Å²) >= 11 is 1.76. The van der Waals surface area contributed by atoms with Crippen LogP contribution in [0.5, 0.6) is 0 Å². The molecular formula is C24H31N3O3S2. The summed E-state index contributed by atoms with van der Waals surface area (Å²) in [6.07, 6.45) is 3.26. The highest BCUT2D eigenvalue weighted by Crippen LogP contribution is 2.28. The number of amides is 1. The lowest BCUT2D eigenvalue weighted by molar-refractivity contribution is 0.0950. The van der Waals surface area contributed by atoms with E-state index in [2.05, 4.69) is 17.3 Å². The Morgan fingerprint density at radius 1 is 1.06 bits per heavy atom. The second-order valence-electron chi connectivity index (χ2n) is 8.45. The molecular weight excluding hydrogens is 442 g/mol. The van der Waals surface area contributed by atoms with Crippen molar-refractivity contribution in [1.29, 1.82) is 0 Å². The van der Waals surface area contributed by atoms with Gasteiger partial charge in [-0.15, -0.1) is 0 Å². The third-order valence-corrected chi connectivity index (χ3v) is 9.14. The van der Waals surface area contributed by atoms with Crippen LogP contribution in [0.3, 0.4) is 0 Å². The number of carbonyl (C=O) groups excluding carboxylic acids is 1. The predicted molar refractivity (Wildman–Crippen MR) is 131 cm³/mol. The first-order valence-electron chi connectivity index (χ1n) is 11.2. The molecule has 0 aliphatic carbocycles. The van der Waals surface area contributed by atoms with Gasteiger partial charge in [-0.05, 0) is 62.2 Å². The smallest absolute Gasteiger partial charge is 0.251 e. The molecule has 2 saturated heterocycles. The van der Waals surface area contributed by atoms with E-state index in [-0.39, 0.29) is 10.8 Å². The molecule has 2 fully saturated rings. The van der Waals surface area contributed by atoms with E-state index in [9.17, 15) is 13.2 Å². The monoisotopic (exact) mass is 473 g/mol. The van der Waals surface area contributed by atoms with Crippen molar-refractivity contribution in [2.45, 2.75) is 30.2 Å². The summed E-state index contributed by atoms with van der Waals surface area (Å²) in [5.41, 5.74) is 2.01. The Kier molecular flexibility index (Phi) is 7.55. The van der Waals surface area contributed by atoms with Crippen molar-refractivity contribution in [3.63, 3.8) is 0 Å². The van der Waals surface area contributed by atoms with Crippen molar-refractivity contribution in [3.8, 4) is 11.1 Å². The minimum Gasteiger partial charge on any atom is -0.352 e. The van der Waals surface area contributed by atoms with Gasteiger partial charge in [0.2, 0.25) is 10.0 Å². The summed E-state index contributed by atoms with van der Waals surface area (Å²) in [5, 5.41) is 3.01. The molecule has 1 amide bonds. The van der Waals surface area contributed by atoms with Gasteiger partial charge in [-0.3, -0.25) is 4.79 Å². The lowest BCUT2D eigenvalue weighted by Crippen LogP contribution is -2.38. The molecule has 0 aromatic heterocycles. The van der Waals surface area contributed by atoms with E-state index in [1.807, 2.05) is 30.3 Å². The van der Waals surface area contributed by atoms with Gasteiger partial charge in [0.15, 0.2) is 0 Å². The second kappa shape index (κ2) is 10.4. The van der Waals surface area contributed by atoms with E-state index in [1.54, 1.807) is 23.9 Å². The Balaban J connectivity index is 1.59. The number of thioether (sulfide) groups is 1. The van der Waals surface area contributed by atoms with Crippen LogP contribution in [0.25, 0.3) is 11.1 Å². The lowest BCUT2D eigenvalue weighted by Gasteiger charge is -2.26. The van der Waals surface area contributed by atoms with E-state index in [4.69, 9.17) is 0 Å². The van der Waals surface area contributed by atoms with Crippen molar-refractivity contribution < 1.29 is 13.2 Å². The molecule has 0 saturated carbocycles. The van der Waals surface area contributed by atoms with Crippen LogP contribution in [0, 0.1) is 0 Å². The molecule has 172 valence electrons. The molecule has 2 aromatic carbocycles. The summed E-state index contributed by atoms with van der Waals surface area (Å²) in [4.78, 5) is 15.5. The summed E-state index contributed by atoms with van der Waals surface area (Å²) in [7, 11) is -1.53. The van der Waals surface area contributed by atoms with Crippen LogP contribution in [-0.4, -0.2) is 74.3 Å². The first-order chi connectivity index (χ1) is 15.4. The summed E-state index contributed by atoms with van der Waals surface area (Å²) in [5.74, 6) is 1.36. The molecule has 2 heterocycles. The number of benzene rings is 2. The number of hydrogen-bond donors (Lipinski definition) is 1. The van der Waals surface area contributed by atoms with Crippen LogP contribution >= 0.6 is 11.8 Å². The van der Waals surface area contributed by atoms with Gasteiger partial charge in [-0.1, -0.05) is 30.3 Å². The van der Waals surface area contributed by atoms with Crippen LogP contribution in [-0.2, 0) is 10.0 Å². The van der Waals surface area contributed by atoms with Crippen molar-refractivity contribution in [2.75, 3.05) is 44.7 Å². The maximum absolute atomic E-state index is 13.3. The topological polar surface area (TPSA) is 69.7 Å². The predicted octanol–water partition coefficient (Wildman–Crippen LogP) is 3.31. The van der Waals surface area contributed by atoms with Gasteiger partial charge >= 0.3 is 0 Å². The van der Waals surface area contributed by atoms with Gasteiger partial charge in [0, 0.05) is 42.7 Å². The van der Waals surface area contributed by atoms with Crippen molar-refractivity contribution in [2.24, 2.45) is 0 Å². The van der Waals surface area contributed by atoms with E-state index < -0.39 is 10.0 Å². The molecule has 8 heteroatoms. The first-order valence-corrected chi connectivity index (χ1v) is 13.8. The average Bonchev–Trinajstić information content (AvgIpc) is 3.24. The Morgan fingerprint density at radius 2 is 1.81 bits per heavy atom. The Hall–Kier alpha value is -1.87. The van der Waals surface area contributed by atoms with Gasteiger partial charge in [0.25, 0.3) is 5.91 Å². The van der Waals surface area contributed by atoms with Crippen molar-refractivity contribution in [1.82, 2.24) is 14.5 Å². The molecule has 0 spiro atoms. The molecule has 1 unspecified atom stereocenters. The van der Waals surface area contributed by atoms with Crippen molar-refractivity contribution >= 4 is 27.7 Å². The first kappa shape index (κ1) is 23.3. The van der Waals surface area contributed by atoms with Gasteiger partial charge < -0.3 is 10.2 Å². The van der Waals surface area contributed by atoms with Gasteiger partial charge in [-0.25, -0.2) is 8.42 Å². The minimum atomic E-state index is -3.66. The summed E-state index contributed by atoms with van der Waals surface area (Å²) < 4.78 is 28.2. The fraction of sp³-hybridized carbons (Fsp3) is 0.458. The maximum atomic E-state index is 13.3. The highest BCUT2D eigenvalue weighted by Gasteiger charge is 2.28. The number of hydrogen-bond acceptors (Lipinski definition) is 5. The molecule has 2 aromatic rings. The highest BCUT2D eigenvalue weighted by atomic mass is 32.2. The van der Waals surface area contributed by atoms with E-state index in [0.29, 0.717) is 31.2 Å². The van der Waals surface area contributed by atoms with E-state index in [0.717, 1.165) is 42.0 Å². The van der Waals surface area contributed by atoms with Crippen LogP contribution < -0.4 is 5.32 Å². The molecule has 0 radical (unpaired) electrons. The lowest BCUT2D eigenvalue weighted by atomic mass is 10.0. The van der Waals surface area contributed by atoms with E-state index >= 15 is 0 Å². The number of likely N-dealkylation sites (tertiary alicyclic amines) is 1. The molecule has 2 aliphatic rings. The number of carbonyl (C=O) groups is 1. The average molecular weight is 474 g/mol. The quantitative estimate of drug-likeness (QED) is 0.668. The molecule has 1 atom stereocenters. The number of rotatable bonds is 7. The van der Waals surface area contributed by atoms with Crippen molar-refractivity contribution in [3.05, 3.63) is 54.1 Å². The largest absolute Gasteiger partial charge is 0.352 e. The van der Waals surface area contributed by atoms with Gasteiger partial charge in [0.1, 0.15) is 0 Å². The fourth-order valence-electron chi connectivity index (χ4n) is 4.41. The number of sulfonamides is 1. The summed E-state index contributed by atoms with van der Waals surface area (Å²) in [6.45, 7) is 2.68. The third kappa shape index (κ3) is 5.36. The molecule has 32 heavy (non-hydrogen) atoms. The van der Waals surface area contributed by atoms with Crippen LogP contribution in [0.15, 0.2) is 53.4 Å². The Bertz CT molecular complexity index is 1040. The van der Waals surface area contributed by atoms with Crippen LogP contribution in [0.1, 0.15) is 29.6 Å². The third-order valence-electron chi connectivity index (χ3n) is 6.32. The van der Waals surface area contributed by atoms with Gasteiger partial charge in [-0.2, -0.15) is 16.1 Å². The standard InChI is InChI=1S/C24H31N3O3S2/c1-26-11-5-8-22(26)9-10-25-24(28)21-16-20(19-6-3-2-4-7-19)17-23(18-21)32(29,30)27-12-14-31-15-13-27/h2-4,6-7,16-18,22H,5,8-15H2,1H3,(H,25,28). The Morgan fingerprint density at radius 3 is 2.50 bits per heavy atom. The number of nitrogens with one attached hydrogen (secondary N) is 1. The molecule has 6 nitrogen and oxygen atoms in total. The number of nitrogens with zero attached hydrogens (tertiary/aromatic N) is 2. The van der Waals surface area contributed by atoms with Crippen LogP contribution in [0.2, 0.25) is 0 Å². The maximum Gasteiger partial charge on any atom is 0.251 e. The second-order valence-corrected chi connectivity index (χ2v) is 11.6. The van der Waals surface area contributed by atoms with Gasteiger partial charge in [0.05, 0.1) is 4.90 Å². The fourth-order valence-corrected chi connectivity index (χ4v) is 7.06. The molecule has 0 bridgehead atoms. The molecule has 2 aliphatic heterocycles. The summed E-state index contributed by atoms with van der Waals surface area (Å²) in [6, 6.07) is 15.1. The zero-order valence-electron chi connectivity index (χ0n) is 18.5. The van der Waals surface area contributed by atoms with Crippen LogP contribution in [0.4, 0.5) is 0 Å².